The van der Waals surface area contributed by atoms with Crippen LogP contribution in [0.15, 0.2) is 88.2 Å². The molecule has 0 aliphatic heterocycles. The minimum Gasteiger partial charge on any atom is -0.495 e. The molecule has 1 heterocycles. The van der Waals surface area contributed by atoms with Crippen molar-refractivity contribution in [2.45, 2.75) is 4.90 Å². The van der Waals surface area contributed by atoms with E-state index in [4.69, 9.17) is 9.15 Å². The lowest BCUT2D eigenvalue weighted by Crippen LogP contribution is -2.01. The first-order valence-electron chi connectivity index (χ1n) is 10.4. The van der Waals surface area contributed by atoms with Crippen LogP contribution < -0.4 is 4.74 Å². The predicted molar refractivity (Wildman–Crippen MR) is 130 cm³/mol. The third-order valence-electron chi connectivity index (χ3n) is 5.40. The van der Waals surface area contributed by atoms with Crippen LogP contribution in [-0.4, -0.2) is 42.2 Å². The van der Waals surface area contributed by atoms with Crippen LogP contribution in [0.25, 0.3) is 33.8 Å². The lowest BCUT2D eigenvalue weighted by atomic mass is 10.0. The summed E-state index contributed by atoms with van der Waals surface area (Å²) in [6.45, 7) is 0. The van der Waals surface area contributed by atoms with Crippen LogP contribution in [0.3, 0.4) is 0 Å². The molecule has 4 rings (SSSR count). The molecule has 4 aromatic rings. The summed E-state index contributed by atoms with van der Waals surface area (Å²) < 4.78 is 44.0. The van der Waals surface area contributed by atoms with Crippen molar-refractivity contribution in [3.8, 4) is 39.5 Å². The highest BCUT2D eigenvalue weighted by Gasteiger charge is 2.23. The number of ether oxygens (including phenoxy) is 1. The summed E-state index contributed by atoms with van der Waals surface area (Å²) in [7, 11) is -3.23. The average molecular weight is 507 g/mol. The van der Waals surface area contributed by atoms with E-state index in [0.29, 0.717) is 33.8 Å². The standard InChI is InChI=1S/C26H18O9S/c1-34-23-12-19(10-11-24(23)36(31,32)33)20-13-21(15-2-6-17(7-3-15)25(27)28)35-22(14-20)16-4-8-18(9-5-16)26(29)30/h2-14H,1H3,(H2-,27,28,29,30,31,32,33)/p+1. The summed E-state index contributed by atoms with van der Waals surface area (Å²) in [5.74, 6) is -1.45. The Bertz CT molecular complexity index is 1500. The molecular formula is C26H19O9S+. The molecule has 0 amide bonds. The maximum absolute atomic E-state index is 11.7. The lowest BCUT2D eigenvalue weighted by Gasteiger charge is -2.09. The predicted octanol–water partition coefficient (Wildman–Crippen LogP) is 5.21. The van der Waals surface area contributed by atoms with Gasteiger partial charge in [0.05, 0.1) is 41.5 Å². The van der Waals surface area contributed by atoms with E-state index in [2.05, 4.69) is 0 Å². The molecule has 0 saturated heterocycles. The minimum absolute atomic E-state index is 0.0597. The van der Waals surface area contributed by atoms with Gasteiger partial charge in [-0.3, -0.25) is 4.55 Å². The fourth-order valence-electron chi connectivity index (χ4n) is 3.57. The summed E-state index contributed by atoms with van der Waals surface area (Å²) in [4.78, 5) is 22.1. The van der Waals surface area contributed by atoms with E-state index < -0.39 is 22.1 Å². The van der Waals surface area contributed by atoms with Crippen molar-refractivity contribution >= 4 is 22.1 Å². The number of hydrogen-bond donors (Lipinski definition) is 3. The van der Waals surface area contributed by atoms with Crippen molar-refractivity contribution in [2.75, 3.05) is 7.11 Å². The Hall–Kier alpha value is -4.54. The fraction of sp³-hybridized carbons (Fsp3) is 0.0385. The molecule has 0 spiro atoms. The highest BCUT2D eigenvalue weighted by molar-refractivity contribution is 7.86. The fourth-order valence-corrected chi connectivity index (χ4v) is 4.20. The molecular weight excluding hydrogens is 488 g/mol. The molecule has 0 atom stereocenters. The van der Waals surface area contributed by atoms with E-state index in [0.717, 1.165) is 0 Å². The third kappa shape index (κ3) is 5.09. The second kappa shape index (κ2) is 9.61. The number of carbonyl (C=O) groups is 2. The van der Waals surface area contributed by atoms with Gasteiger partial charge >= 0.3 is 23.5 Å². The highest BCUT2D eigenvalue weighted by atomic mass is 32.2. The summed E-state index contributed by atoms with van der Waals surface area (Å²) in [5.41, 5.74) is 2.49. The van der Waals surface area contributed by atoms with Gasteiger partial charge in [-0.15, -0.1) is 0 Å². The number of rotatable bonds is 7. The van der Waals surface area contributed by atoms with Gasteiger partial charge in [-0.05, 0) is 66.2 Å². The molecule has 0 bridgehead atoms. The van der Waals surface area contributed by atoms with Gasteiger partial charge in [0.25, 0.3) is 10.1 Å². The Morgan fingerprint density at radius 2 is 1.14 bits per heavy atom. The van der Waals surface area contributed by atoms with Crippen LogP contribution in [0, 0.1) is 0 Å². The zero-order valence-electron chi connectivity index (χ0n) is 18.7. The van der Waals surface area contributed by atoms with Gasteiger partial charge in [-0.25, -0.2) is 14.0 Å². The van der Waals surface area contributed by atoms with Gasteiger partial charge in [-0.2, -0.15) is 8.42 Å². The average Bonchev–Trinajstić information content (AvgIpc) is 2.87. The summed E-state index contributed by atoms with van der Waals surface area (Å²) in [5, 5.41) is 18.4. The molecule has 0 aliphatic rings. The van der Waals surface area contributed by atoms with Gasteiger partial charge in [-0.1, -0.05) is 6.07 Å². The SMILES string of the molecule is COc1cc(-c2cc(-c3ccc(C(=O)O)cc3)[o+]c(-c3ccc(C(=O)O)cc3)c2)ccc1S(=O)(=O)O. The van der Waals surface area contributed by atoms with Gasteiger partial charge in [0, 0.05) is 5.56 Å². The first-order chi connectivity index (χ1) is 17.1. The quantitative estimate of drug-likeness (QED) is 0.226. The Morgan fingerprint density at radius 3 is 1.53 bits per heavy atom. The molecule has 0 aliphatic carbocycles. The number of aromatic carboxylic acids is 2. The smallest absolute Gasteiger partial charge is 0.361 e. The molecule has 182 valence electrons. The highest BCUT2D eigenvalue weighted by Crippen LogP contribution is 2.36. The first kappa shape index (κ1) is 24.6. The summed E-state index contributed by atoms with van der Waals surface area (Å²) >= 11 is 0. The molecule has 0 fully saturated rings. The third-order valence-corrected chi connectivity index (χ3v) is 6.29. The van der Waals surface area contributed by atoms with Gasteiger partial charge in [0.1, 0.15) is 10.6 Å². The monoisotopic (exact) mass is 507 g/mol. The second-order valence-electron chi connectivity index (χ2n) is 7.68. The Kier molecular flexibility index (Phi) is 6.56. The number of benzene rings is 3. The molecule has 36 heavy (non-hydrogen) atoms. The van der Waals surface area contributed by atoms with Crippen LogP contribution >= 0.6 is 0 Å². The molecule has 9 nitrogen and oxygen atoms in total. The topological polar surface area (TPSA) is 150 Å². The Balaban J connectivity index is 1.89. The van der Waals surface area contributed by atoms with E-state index >= 15 is 0 Å². The Labute approximate surface area is 205 Å². The Morgan fingerprint density at radius 1 is 0.694 bits per heavy atom. The van der Waals surface area contributed by atoms with Gasteiger partial charge in [0.15, 0.2) is 0 Å². The van der Waals surface area contributed by atoms with Crippen molar-refractivity contribution in [3.63, 3.8) is 0 Å². The van der Waals surface area contributed by atoms with E-state index in [9.17, 15) is 32.8 Å². The largest absolute Gasteiger partial charge is 0.495 e. The van der Waals surface area contributed by atoms with Crippen LogP contribution in [0.1, 0.15) is 20.7 Å². The second-order valence-corrected chi connectivity index (χ2v) is 9.07. The number of carboxylic acids is 2. The maximum Gasteiger partial charge on any atom is 0.361 e. The molecule has 0 unspecified atom stereocenters. The van der Waals surface area contributed by atoms with Crippen molar-refractivity contribution in [3.05, 3.63) is 90.0 Å². The van der Waals surface area contributed by atoms with E-state index in [1.165, 1.54) is 49.6 Å². The van der Waals surface area contributed by atoms with Crippen LogP contribution in [0.4, 0.5) is 0 Å². The molecule has 10 heteroatoms. The number of carboxylic acid groups (broad SMARTS) is 2. The summed E-state index contributed by atoms with van der Waals surface area (Å²) in [6, 6.07) is 19.6. The van der Waals surface area contributed by atoms with Crippen molar-refractivity contribution < 1.29 is 41.9 Å². The van der Waals surface area contributed by atoms with Gasteiger partial charge < -0.3 is 14.9 Å². The van der Waals surface area contributed by atoms with Gasteiger partial charge in [0.2, 0.25) is 0 Å². The zero-order chi connectivity index (χ0) is 26.0. The maximum atomic E-state index is 11.7. The van der Waals surface area contributed by atoms with Crippen molar-refractivity contribution in [2.24, 2.45) is 0 Å². The first-order valence-corrected chi connectivity index (χ1v) is 11.8. The molecule has 3 N–H and O–H groups in total. The normalized spacial score (nSPS) is 11.2. The van der Waals surface area contributed by atoms with Crippen molar-refractivity contribution in [1.82, 2.24) is 0 Å². The van der Waals surface area contributed by atoms with E-state index in [1.807, 2.05) is 0 Å². The van der Waals surface area contributed by atoms with E-state index in [1.54, 1.807) is 36.4 Å². The lowest BCUT2D eigenvalue weighted by molar-refractivity contribution is 0.0686. The summed E-state index contributed by atoms with van der Waals surface area (Å²) in [6.07, 6.45) is 0. The zero-order valence-corrected chi connectivity index (χ0v) is 19.5. The van der Waals surface area contributed by atoms with Crippen LogP contribution in [0.2, 0.25) is 0 Å². The van der Waals surface area contributed by atoms with Crippen LogP contribution in [-0.2, 0) is 10.1 Å². The van der Waals surface area contributed by atoms with Crippen LogP contribution in [0.5, 0.6) is 5.75 Å². The molecule has 0 saturated carbocycles. The molecule has 1 aromatic heterocycles. The van der Waals surface area contributed by atoms with E-state index in [-0.39, 0.29) is 21.8 Å². The molecule has 0 radical (unpaired) electrons. The number of methoxy groups -OCH3 is 1. The van der Waals surface area contributed by atoms with Crippen molar-refractivity contribution in [1.29, 1.82) is 0 Å². The number of hydrogen-bond acceptors (Lipinski definition) is 5. The molecule has 3 aromatic carbocycles. The minimum atomic E-state index is -4.51.